The minimum Gasteiger partial charge on any atom is -0.550 e. The van der Waals surface area contributed by atoms with Crippen molar-refractivity contribution >= 4 is 5.97 Å². The average Bonchev–Trinajstić information content (AvgIpc) is 3.59. The standard InChI is InChI=1S/C31H34O7/c1-18-11-24(37-17-22(33)15-32)12-19(2)30(18)25-6-4-5-21(20(25)3)16-36-23-7-8-26-27(14-29(34)35)31(9-10-31)38-28(26)13-23/h4-8,11-13,22,27,32-33H,9-10,14-17H2,1-3H3,(H,34,35)/p-1/t22-,27?/m1/s1. The summed E-state index contributed by atoms with van der Waals surface area (Å²) < 4.78 is 18.0. The lowest BCUT2D eigenvalue weighted by molar-refractivity contribution is -0.306. The highest BCUT2D eigenvalue weighted by molar-refractivity contribution is 5.75. The van der Waals surface area contributed by atoms with Gasteiger partial charge in [-0.2, -0.15) is 0 Å². The quantitative estimate of drug-likeness (QED) is 0.422. The molecule has 1 saturated carbocycles. The van der Waals surface area contributed by atoms with Gasteiger partial charge < -0.3 is 34.3 Å². The fourth-order valence-electron chi connectivity index (χ4n) is 5.54. The number of aryl methyl sites for hydroxylation is 2. The van der Waals surface area contributed by atoms with Crippen LogP contribution in [0, 0.1) is 20.8 Å². The van der Waals surface area contributed by atoms with E-state index in [9.17, 15) is 15.0 Å². The van der Waals surface area contributed by atoms with Crippen molar-refractivity contribution in [2.24, 2.45) is 0 Å². The topological polar surface area (TPSA) is 108 Å². The minimum absolute atomic E-state index is 0.0320. The van der Waals surface area contributed by atoms with Crippen LogP contribution in [0.1, 0.15) is 53.0 Å². The number of carboxylic acid groups (broad SMARTS) is 1. The first-order valence-corrected chi connectivity index (χ1v) is 13.0. The molecule has 1 spiro atoms. The van der Waals surface area contributed by atoms with E-state index >= 15 is 0 Å². The third kappa shape index (κ3) is 5.08. The number of hydrogen-bond donors (Lipinski definition) is 2. The molecule has 0 saturated heterocycles. The Morgan fingerprint density at radius 3 is 2.47 bits per heavy atom. The molecule has 2 N–H and O–H groups in total. The van der Waals surface area contributed by atoms with Crippen molar-refractivity contribution in [2.75, 3.05) is 13.2 Å². The first kappa shape index (κ1) is 26.1. The van der Waals surface area contributed by atoms with Crippen molar-refractivity contribution in [3.8, 4) is 28.4 Å². The highest BCUT2D eigenvalue weighted by Crippen LogP contribution is 2.59. The number of aliphatic hydroxyl groups excluding tert-OH is 2. The van der Waals surface area contributed by atoms with Crippen LogP contribution in [0.15, 0.2) is 48.5 Å². The molecule has 1 unspecified atom stereocenters. The van der Waals surface area contributed by atoms with Crippen LogP contribution < -0.4 is 19.3 Å². The second-order valence-electron chi connectivity index (χ2n) is 10.5. The lowest BCUT2D eigenvalue weighted by Crippen LogP contribution is -2.29. The molecule has 3 aromatic carbocycles. The van der Waals surface area contributed by atoms with E-state index in [0.717, 1.165) is 51.8 Å². The Labute approximate surface area is 222 Å². The van der Waals surface area contributed by atoms with Crippen molar-refractivity contribution in [1.29, 1.82) is 0 Å². The number of benzene rings is 3. The van der Waals surface area contributed by atoms with E-state index in [1.54, 1.807) is 0 Å². The molecule has 0 amide bonds. The second-order valence-corrected chi connectivity index (χ2v) is 10.5. The van der Waals surface area contributed by atoms with Gasteiger partial charge in [-0.3, -0.25) is 0 Å². The zero-order chi connectivity index (χ0) is 27.0. The van der Waals surface area contributed by atoms with Crippen LogP contribution in [0.25, 0.3) is 11.1 Å². The lowest BCUT2D eigenvalue weighted by Gasteiger charge is -2.18. The van der Waals surface area contributed by atoms with Crippen LogP contribution in [-0.2, 0) is 11.4 Å². The molecule has 3 aromatic rings. The maximum Gasteiger partial charge on any atom is 0.127 e. The predicted molar refractivity (Wildman–Crippen MR) is 140 cm³/mol. The number of carboxylic acids is 1. The van der Waals surface area contributed by atoms with E-state index in [0.29, 0.717) is 23.9 Å². The van der Waals surface area contributed by atoms with Crippen LogP contribution in [0.2, 0.25) is 0 Å². The summed E-state index contributed by atoms with van der Waals surface area (Å²) in [5, 5.41) is 29.9. The van der Waals surface area contributed by atoms with Gasteiger partial charge in [0.1, 0.15) is 42.2 Å². The highest BCUT2D eigenvalue weighted by Gasteiger charge is 2.57. The van der Waals surface area contributed by atoms with Crippen LogP contribution in [-0.4, -0.2) is 41.1 Å². The van der Waals surface area contributed by atoms with Crippen molar-refractivity contribution in [1.82, 2.24) is 0 Å². The number of ether oxygens (including phenoxy) is 3. The molecule has 5 rings (SSSR count). The maximum absolute atomic E-state index is 11.3. The normalized spacial score (nSPS) is 17.6. The molecular weight excluding hydrogens is 484 g/mol. The number of carbonyl (C=O) groups is 1. The number of fused-ring (bicyclic) bond motifs is 1. The SMILES string of the molecule is Cc1cc(OC[C@H](O)CO)cc(C)c1-c1cccc(COc2ccc3c(c2)OC2(CC2)C3CC(=O)[O-])c1C. The van der Waals surface area contributed by atoms with Gasteiger partial charge in [0.2, 0.25) is 0 Å². The number of aliphatic carboxylic acids is 1. The van der Waals surface area contributed by atoms with Crippen LogP contribution in [0.4, 0.5) is 0 Å². The zero-order valence-corrected chi connectivity index (χ0v) is 22.0. The van der Waals surface area contributed by atoms with Crippen LogP contribution >= 0.6 is 0 Å². The zero-order valence-electron chi connectivity index (χ0n) is 22.0. The van der Waals surface area contributed by atoms with Gasteiger partial charge in [-0.25, -0.2) is 0 Å². The summed E-state index contributed by atoms with van der Waals surface area (Å²) in [6.07, 6.45) is 0.775. The van der Waals surface area contributed by atoms with Crippen molar-refractivity contribution in [2.45, 2.75) is 64.3 Å². The number of rotatable bonds is 10. The number of aliphatic hydroxyl groups is 2. The van der Waals surface area contributed by atoms with Crippen molar-refractivity contribution in [3.63, 3.8) is 0 Å². The molecule has 0 bridgehead atoms. The summed E-state index contributed by atoms with van der Waals surface area (Å²) >= 11 is 0. The molecule has 2 atom stereocenters. The van der Waals surface area contributed by atoms with Gasteiger partial charge >= 0.3 is 0 Å². The van der Waals surface area contributed by atoms with E-state index < -0.39 is 12.1 Å². The van der Waals surface area contributed by atoms with Gasteiger partial charge in [0, 0.05) is 23.5 Å². The van der Waals surface area contributed by atoms with Crippen molar-refractivity contribution in [3.05, 3.63) is 76.3 Å². The Kier molecular flexibility index (Phi) is 7.07. The van der Waals surface area contributed by atoms with E-state index in [-0.39, 0.29) is 31.2 Å². The summed E-state index contributed by atoms with van der Waals surface area (Å²) in [6.45, 7) is 6.22. The smallest absolute Gasteiger partial charge is 0.127 e. The van der Waals surface area contributed by atoms with Gasteiger partial charge in [0.25, 0.3) is 0 Å². The maximum atomic E-state index is 11.3. The van der Waals surface area contributed by atoms with Gasteiger partial charge in [-0.1, -0.05) is 24.3 Å². The number of hydrogen-bond acceptors (Lipinski definition) is 7. The number of carbonyl (C=O) groups excluding carboxylic acids is 1. The first-order valence-electron chi connectivity index (χ1n) is 13.0. The predicted octanol–water partition coefficient (Wildman–Crippen LogP) is 3.74. The molecule has 1 fully saturated rings. The van der Waals surface area contributed by atoms with Crippen LogP contribution in [0.5, 0.6) is 17.2 Å². The van der Waals surface area contributed by atoms with E-state index in [1.807, 2.05) is 50.2 Å². The molecule has 1 aliphatic heterocycles. The molecule has 7 nitrogen and oxygen atoms in total. The van der Waals surface area contributed by atoms with Gasteiger partial charge in [-0.15, -0.1) is 0 Å². The summed E-state index contributed by atoms with van der Waals surface area (Å²) in [6, 6.07) is 15.7. The summed E-state index contributed by atoms with van der Waals surface area (Å²) in [5.74, 6) is 0.816. The highest BCUT2D eigenvalue weighted by atomic mass is 16.5. The molecule has 0 radical (unpaired) electrons. The van der Waals surface area contributed by atoms with Gasteiger partial charge in [-0.05, 0) is 91.6 Å². The Hall–Kier alpha value is -3.55. The Bertz CT molecular complexity index is 1340. The molecule has 7 heteroatoms. The van der Waals surface area contributed by atoms with Crippen LogP contribution in [0.3, 0.4) is 0 Å². The molecule has 2 aliphatic rings. The fraction of sp³-hybridized carbons (Fsp3) is 0.387. The summed E-state index contributed by atoms with van der Waals surface area (Å²) in [5.41, 5.74) is 7.04. The lowest BCUT2D eigenvalue weighted by atomic mass is 9.90. The van der Waals surface area contributed by atoms with E-state index in [1.165, 1.54) is 0 Å². The van der Waals surface area contributed by atoms with Crippen molar-refractivity contribution < 1.29 is 34.3 Å². The Morgan fingerprint density at radius 2 is 1.82 bits per heavy atom. The van der Waals surface area contributed by atoms with Gasteiger partial charge in [0.05, 0.1) is 6.61 Å². The molecule has 200 valence electrons. The summed E-state index contributed by atoms with van der Waals surface area (Å²) in [4.78, 5) is 11.3. The monoisotopic (exact) mass is 517 g/mol. The van der Waals surface area contributed by atoms with Gasteiger partial charge in [0.15, 0.2) is 0 Å². The second kappa shape index (κ2) is 10.3. The minimum atomic E-state index is -1.05. The molecule has 0 aromatic heterocycles. The fourth-order valence-corrected chi connectivity index (χ4v) is 5.54. The largest absolute Gasteiger partial charge is 0.550 e. The molecular formula is C31H33O7-. The van der Waals surface area contributed by atoms with E-state index in [2.05, 4.69) is 19.1 Å². The third-order valence-electron chi connectivity index (χ3n) is 7.69. The Morgan fingerprint density at radius 1 is 1.08 bits per heavy atom. The average molecular weight is 518 g/mol. The molecule has 1 aliphatic carbocycles. The first-order chi connectivity index (χ1) is 18.2. The third-order valence-corrected chi connectivity index (χ3v) is 7.69. The summed E-state index contributed by atoms with van der Waals surface area (Å²) in [7, 11) is 0. The molecule has 38 heavy (non-hydrogen) atoms. The Balaban J connectivity index is 1.33. The van der Waals surface area contributed by atoms with E-state index in [4.69, 9.17) is 19.3 Å². The molecule has 1 heterocycles.